The summed E-state index contributed by atoms with van der Waals surface area (Å²) < 4.78 is 12.2. The van der Waals surface area contributed by atoms with Crippen LogP contribution in [-0.2, 0) is 14.3 Å². The molecule has 3 aliphatic rings. The van der Waals surface area contributed by atoms with E-state index in [9.17, 15) is 9.90 Å². The summed E-state index contributed by atoms with van der Waals surface area (Å²) in [4.78, 5) is 13.8. The number of fused-ring (bicyclic) bond motifs is 2. The van der Waals surface area contributed by atoms with E-state index in [0.717, 1.165) is 4.90 Å². The normalized spacial score (nSPS) is 35.4. The number of hydrogen-bond donors (Lipinski definition) is 1. The number of carbonyl (C=O) groups excluding carboxylic acids is 1. The van der Waals surface area contributed by atoms with Crippen LogP contribution in [0.2, 0.25) is 0 Å². The minimum absolute atomic E-state index is 0.0835. The number of allylic oxidation sites excluding steroid dienone is 1. The van der Waals surface area contributed by atoms with Gasteiger partial charge in [-0.3, -0.25) is 4.79 Å². The number of ketones is 1. The maximum atomic E-state index is 12.7. The van der Waals surface area contributed by atoms with E-state index in [1.807, 2.05) is 36.4 Å². The third-order valence-corrected chi connectivity index (χ3v) is 6.33. The van der Waals surface area contributed by atoms with Crippen LogP contribution in [0.15, 0.2) is 47.4 Å². The lowest BCUT2D eigenvalue weighted by Gasteiger charge is -2.49. The summed E-state index contributed by atoms with van der Waals surface area (Å²) in [5, 5.41) is 10.2. The summed E-state index contributed by atoms with van der Waals surface area (Å²) >= 11 is 1.64. The number of aliphatic hydroxyl groups is 1. The van der Waals surface area contributed by atoms with Crippen LogP contribution in [0.3, 0.4) is 0 Å². The van der Waals surface area contributed by atoms with Crippen LogP contribution in [-0.4, -0.2) is 41.2 Å². The number of aliphatic hydroxyl groups excluding tert-OH is 1. The highest BCUT2D eigenvalue weighted by molar-refractivity contribution is 8.00. The first kappa shape index (κ1) is 15.4. The summed E-state index contributed by atoms with van der Waals surface area (Å²) in [6.07, 6.45) is 4.02. The minimum Gasteiger partial charge on any atom is -0.388 e. The number of hydrogen-bond acceptors (Lipinski definition) is 5. The molecule has 1 saturated heterocycles. The van der Waals surface area contributed by atoms with Gasteiger partial charge in [-0.25, -0.2) is 0 Å². The standard InChI is InChI=1S/C18H20O4S/c19-14-8-4-7-13-17(14)15(20)11-16(18(13)21-9-10-22-18)23-12-5-2-1-3-6-12/h1-6,8,13-14,16-17,19H,7,9-11H2/t13-,14+,16-,17-/m1/s1. The fourth-order valence-electron chi connectivity index (χ4n) is 4.03. The zero-order valence-electron chi connectivity index (χ0n) is 12.8. The summed E-state index contributed by atoms with van der Waals surface area (Å²) in [6, 6.07) is 10.0. The van der Waals surface area contributed by atoms with E-state index < -0.39 is 17.8 Å². The molecule has 4 nitrogen and oxygen atoms in total. The van der Waals surface area contributed by atoms with Gasteiger partial charge in [-0.2, -0.15) is 0 Å². The molecule has 1 aromatic rings. The Morgan fingerprint density at radius 2 is 1.91 bits per heavy atom. The van der Waals surface area contributed by atoms with E-state index in [-0.39, 0.29) is 17.0 Å². The molecular formula is C18H20O4S. The monoisotopic (exact) mass is 332 g/mol. The first-order valence-electron chi connectivity index (χ1n) is 8.08. The number of rotatable bonds is 2. The molecule has 122 valence electrons. The van der Waals surface area contributed by atoms with Crippen molar-refractivity contribution in [2.75, 3.05) is 13.2 Å². The van der Waals surface area contributed by atoms with Crippen molar-refractivity contribution in [1.82, 2.24) is 0 Å². The minimum atomic E-state index is -0.773. The van der Waals surface area contributed by atoms with Crippen LogP contribution < -0.4 is 0 Å². The Labute approximate surface area is 139 Å². The SMILES string of the molecule is O=C1C[C@@H](Sc2ccccc2)C2(OCCO2)[C@@H]2CC=C[C@H](O)[C@H]12. The average molecular weight is 332 g/mol. The zero-order chi connectivity index (χ0) is 15.9. The van der Waals surface area contributed by atoms with Crippen molar-refractivity contribution in [3.63, 3.8) is 0 Å². The molecule has 1 N–H and O–H groups in total. The lowest BCUT2D eigenvalue weighted by molar-refractivity contribution is -0.225. The molecule has 2 fully saturated rings. The third-order valence-electron chi connectivity index (χ3n) is 5.01. The molecule has 4 atom stereocenters. The second kappa shape index (κ2) is 6.06. The summed E-state index contributed by atoms with van der Waals surface area (Å²) in [5.41, 5.74) is 0. The van der Waals surface area contributed by atoms with Crippen molar-refractivity contribution < 1.29 is 19.4 Å². The molecule has 4 rings (SSSR count). The predicted octanol–water partition coefficient (Wildman–Crippen LogP) is 2.42. The second-order valence-corrected chi connectivity index (χ2v) is 7.57. The van der Waals surface area contributed by atoms with E-state index >= 15 is 0 Å². The van der Waals surface area contributed by atoms with Gasteiger partial charge in [0.05, 0.1) is 30.5 Å². The van der Waals surface area contributed by atoms with Crippen LogP contribution in [0.4, 0.5) is 0 Å². The van der Waals surface area contributed by atoms with Crippen molar-refractivity contribution in [2.45, 2.75) is 34.9 Å². The van der Waals surface area contributed by atoms with Gasteiger partial charge < -0.3 is 14.6 Å². The molecular weight excluding hydrogens is 312 g/mol. The third kappa shape index (κ3) is 2.56. The van der Waals surface area contributed by atoms with Crippen molar-refractivity contribution in [2.24, 2.45) is 11.8 Å². The van der Waals surface area contributed by atoms with E-state index in [1.54, 1.807) is 17.8 Å². The highest BCUT2D eigenvalue weighted by atomic mass is 32.2. The Morgan fingerprint density at radius 3 is 2.65 bits per heavy atom. The number of carbonyl (C=O) groups is 1. The van der Waals surface area contributed by atoms with Gasteiger partial charge in [-0.15, -0.1) is 11.8 Å². The van der Waals surface area contributed by atoms with Gasteiger partial charge in [0.2, 0.25) is 0 Å². The molecule has 0 amide bonds. The number of thioether (sulfide) groups is 1. The van der Waals surface area contributed by atoms with Crippen molar-refractivity contribution in [3.05, 3.63) is 42.5 Å². The van der Waals surface area contributed by atoms with Crippen LogP contribution >= 0.6 is 11.8 Å². The van der Waals surface area contributed by atoms with Crippen LogP contribution in [0.25, 0.3) is 0 Å². The molecule has 1 aromatic carbocycles. The number of Topliss-reactive ketones (excluding diaryl/α,β-unsaturated/α-hetero) is 1. The van der Waals surface area contributed by atoms with Crippen molar-refractivity contribution >= 4 is 17.5 Å². The predicted molar refractivity (Wildman–Crippen MR) is 87.1 cm³/mol. The van der Waals surface area contributed by atoms with Gasteiger partial charge in [0.25, 0.3) is 0 Å². The quantitative estimate of drug-likeness (QED) is 0.843. The Balaban J connectivity index is 1.69. The topological polar surface area (TPSA) is 55.8 Å². The Bertz CT molecular complexity index is 609. The maximum Gasteiger partial charge on any atom is 0.185 e. The highest BCUT2D eigenvalue weighted by Gasteiger charge is 2.60. The van der Waals surface area contributed by atoms with Crippen molar-refractivity contribution in [1.29, 1.82) is 0 Å². The van der Waals surface area contributed by atoms with E-state index in [4.69, 9.17) is 9.47 Å². The molecule has 0 bridgehead atoms. The van der Waals surface area contributed by atoms with E-state index in [1.165, 1.54) is 0 Å². The fraction of sp³-hybridized carbons (Fsp3) is 0.500. The van der Waals surface area contributed by atoms with E-state index in [2.05, 4.69) is 0 Å². The molecule has 0 radical (unpaired) electrons. The fourth-order valence-corrected chi connectivity index (χ4v) is 5.39. The molecule has 2 aliphatic carbocycles. The summed E-state index contributed by atoms with van der Waals surface area (Å²) in [6.45, 7) is 1.09. The Kier molecular flexibility index (Phi) is 4.05. The van der Waals surface area contributed by atoms with Crippen molar-refractivity contribution in [3.8, 4) is 0 Å². The van der Waals surface area contributed by atoms with Gasteiger partial charge in [-0.05, 0) is 18.6 Å². The Morgan fingerprint density at radius 1 is 1.17 bits per heavy atom. The highest BCUT2D eigenvalue weighted by Crippen LogP contribution is 2.52. The largest absolute Gasteiger partial charge is 0.388 e. The number of ether oxygens (including phenoxy) is 2. The van der Waals surface area contributed by atoms with Gasteiger partial charge in [-0.1, -0.05) is 30.4 Å². The molecule has 1 spiro atoms. The average Bonchev–Trinajstić information content (AvgIpc) is 3.04. The summed E-state index contributed by atoms with van der Waals surface area (Å²) in [5.74, 6) is -1.19. The summed E-state index contributed by atoms with van der Waals surface area (Å²) in [7, 11) is 0. The van der Waals surface area contributed by atoms with Gasteiger partial charge >= 0.3 is 0 Å². The number of benzene rings is 1. The molecule has 0 unspecified atom stereocenters. The van der Waals surface area contributed by atoms with Gasteiger partial charge in [0, 0.05) is 17.2 Å². The molecule has 23 heavy (non-hydrogen) atoms. The van der Waals surface area contributed by atoms with E-state index in [0.29, 0.717) is 26.1 Å². The first-order valence-corrected chi connectivity index (χ1v) is 8.96. The second-order valence-electron chi connectivity index (χ2n) is 6.30. The maximum absolute atomic E-state index is 12.7. The smallest absolute Gasteiger partial charge is 0.185 e. The molecule has 0 aromatic heterocycles. The lowest BCUT2D eigenvalue weighted by Crippen LogP contribution is -2.60. The zero-order valence-corrected chi connectivity index (χ0v) is 13.6. The molecule has 1 aliphatic heterocycles. The Hall–Kier alpha value is -1.14. The molecule has 1 saturated carbocycles. The molecule has 5 heteroatoms. The van der Waals surface area contributed by atoms with Gasteiger partial charge in [0.15, 0.2) is 5.79 Å². The van der Waals surface area contributed by atoms with Crippen LogP contribution in [0, 0.1) is 11.8 Å². The lowest BCUT2D eigenvalue weighted by atomic mass is 9.67. The van der Waals surface area contributed by atoms with Crippen LogP contribution in [0.5, 0.6) is 0 Å². The molecule has 1 heterocycles. The van der Waals surface area contributed by atoms with Gasteiger partial charge in [0.1, 0.15) is 5.78 Å². The van der Waals surface area contributed by atoms with Crippen LogP contribution in [0.1, 0.15) is 12.8 Å². The first-order chi connectivity index (χ1) is 11.2.